The topological polar surface area (TPSA) is 51.8 Å². The van der Waals surface area contributed by atoms with E-state index in [1.165, 1.54) is 61.2 Å². The summed E-state index contributed by atoms with van der Waals surface area (Å²) in [5.74, 6) is 0. The van der Waals surface area contributed by atoms with Crippen LogP contribution in [-0.2, 0) is 19.4 Å². The molecular formula is C47H36N6. The van der Waals surface area contributed by atoms with Crippen molar-refractivity contribution in [1.82, 2.24) is 29.0 Å². The van der Waals surface area contributed by atoms with Gasteiger partial charge in [-0.1, -0.05) is 72.8 Å². The SMILES string of the molecule is CN1C=Cc2c(c3cnccc3n2-c2ccc(Cc3ccc(-c4ccc(Cc5ccc(-n6c7ccncc7c7cnccc76)cc5)cc4)cc3)cc2)C1. The maximum Gasteiger partial charge on any atom is 0.0572 e. The molecule has 5 aromatic heterocycles. The Labute approximate surface area is 308 Å². The number of benzene rings is 4. The fraction of sp³-hybridized carbons (Fsp3) is 0.0851. The molecule has 254 valence electrons. The van der Waals surface area contributed by atoms with E-state index >= 15 is 0 Å². The molecule has 0 aliphatic carbocycles. The Morgan fingerprint density at radius 3 is 1.38 bits per heavy atom. The summed E-state index contributed by atoms with van der Waals surface area (Å²) in [7, 11) is 2.11. The van der Waals surface area contributed by atoms with E-state index < -0.39 is 0 Å². The van der Waals surface area contributed by atoms with Crippen molar-refractivity contribution in [3.63, 3.8) is 0 Å². The molecule has 10 rings (SSSR count). The highest BCUT2D eigenvalue weighted by atomic mass is 15.1. The highest BCUT2D eigenvalue weighted by Gasteiger charge is 2.20. The van der Waals surface area contributed by atoms with Crippen LogP contribution in [0.15, 0.2) is 159 Å². The van der Waals surface area contributed by atoms with E-state index in [9.17, 15) is 0 Å². The van der Waals surface area contributed by atoms with Gasteiger partial charge in [-0.15, -0.1) is 0 Å². The first-order chi connectivity index (χ1) is 26.2. The second-order valence-electron chi connectivity index (χ2n) is 14.0. The number of aromatic nitrogens is 5. The molecule has 6 heteroatoms. The van der Waals surface area contributed by atoms with Crippen LogP contribution in [0.25, 0.3) is 61.3 Å². The molecule has 6 nitrogen and oxygen atoms in total. The second kappa shape index (κ2) is 12.8. The molecule has 0 amide bonds. The van der Waals surface area contributed by atoms with Crippen LogP contribution in [0, 0.1) is 0 Å². The van der Waals surface area contributed by atoms with Crippen molar-refractivity contribution >= 4 is 38.8 Å². The lowest BCUT2D eigenvalue weighted by Crippen LogP contribution is -2.14. The molecule has 0 fully saturated rings. The molecule has 1 aliphatic rings. The number of fused-ring (bicyclic) bond motifs is 6. The summed E-state index contributed by atoms with van der Waals surface area (Å²) in [6, 6.07) is 42.1. The van der Waals surface area contributed by atoms with Crippen LogP contribution < -0.4 is 0 Å². The Balaban J connectivity index is 0.818. The van der Waals surface area contributed by atoms with E-state index in [4.69, 9.17) is 0 Å². The Hall–Kier alpha value is -6.79. The summed E-state index contributed by atoms with van der Waals surface area (Å²) >= 11 is 0. The third-order valence-corrected chi connectivity index (χ3v) is 10.6. The van der Waals surface area contributed by atoms with E-state index in [1.807, 2.05) is 37.2 Å². The van der Waals surface area contributed by atoms with E-state index in [0.29, 0.717) is 0 Å². The Kier molecular flexibility index (Phi) is 7.46. The molecule has 1 aliphatic heterocycles. The minimum Gasteiger partial charge on any atom is -0.376 e. The van der Waals surface area contributed by atoms with Crippen molar-refractivity contribution in [2.45, 2.75) is 19.4 Å². The summed E-state index contributed by atoms with van der Waals surface area (Å²) in [5.41, 5.74) is 16.0. The van der Waals surface area contributed by atoms with Gasteiger partial charge in [-0.2, -0.15) is 0 Å². The lowest BCUT2D eigenvalue weighted by atomic mass is 9.98. The van der Waals surface area contributed by atoms with Crippen molar-refractivity contribution < 1.29 is 0 Å². The van der Waals surface area contributed by atoms with Crippen molar-refractivity contribution in [2.75, 3.05) is 7.05 Å². The van der Waals surface area contributed by atoms with Gasteiger partial charge in [0.15, 0.2) is 0 Å². The van der Waals surface area contributed by atoms with Crippen molar-refractivity contribution in [2.24, 2.45) is 0 Å². The van der Waals surface area contributed by atoms with Crippen molar-refractivity contribution in [1.29, 1.82) is 0 Å². The average Bonchev–Trinajstić information content (AvgIpc) is 3.72. The third-order valence-electron chi connectivity index (χ3n) is 10.6. The smallest absolute Gasteiger partial charge is 0.0572 e. The van der Waals surface area contributed by atoms with E-state index in [0.717, 1.165) is 46.9 Å². The summed E-state index contributed by atoms with van der Waals surface area (Å²) in [5, 5.41) is 3.45. The van der Waals surface area contributed by atoms with Gasteiger partial charge in [-0.25, -0.2) is 0 Å². The van der Waals surface area contributed by atoms with Gasteiger partial charge in [0, 0.05) is 90.1 Å². The molecule has 0 saturated heterocycles. The zero-order valence-corrected chi connectivity index (χ0v) is 29.4. The normalized spacial score (nSPS) is 12.6. The number of hydrogen-bond acceptors (Lipinski definition) is 4. The highest BCUT2D eigenvalue weighted by Crippen LogP contribution is 2.34. The lowest BCUT2D eigenvalue weighted by Gasteiger charge is -2.20. The molecule has 6 heterocycles. The zero-order valence-electron chi connectivity index (χ0n) is 29.4. The second-order valence-corrected chi connectivity index (χ2v) is 14.0. The molecule has 4 aromatic carbocycles. The Morgan fingerprint density at radius 1 is 0.472 bits per heavy atom. The van der Waals surface area contributed by atoms with E-state index in [1.54, 1.807) is 0 Å². The average molecular weight is 685 g/mol. The first kappa shape index (κ1) is 31.0. The highest BCUT2D eigenvalue weighted by molar-refractivity contribution is 6.08. The standard InChI is InChI=1S/C47H36N6/c1-51-25-21-47-43(31-51)42-30-50-24-20-46(42)53(47)39-16-8-35(9-17-39)27-33-4-12-37(13-5-33)36-10-2-32(3-11-36)26-34-6-14-38(15-7-34)52-44-18-22-48-28-40(44)41-29-49-23-19-45(41)52/h2-25,28-30H,26-27,31H2,1H3. The molecule has 53 heavy (non-hydrogen) atoms. The molecule has 0 unspecified atom stereocenters. The minimum atomic E-state index is 0.883. The fourth-order valence-corrected chi connectivity index (χ4v) is 7.95. The summed E-state index contributed by atoms with van der Waals surface area (Å²) in [6.07, 6.45) is 17.6. The third kappa shape index (κ3) is 5.56. The van der Waals surface area contributed by atoms with Gasteiger partial charge in [0.25, 0.3) is 0 Å². The largest absolute Gasteiger partial charge is 0.376 e. The first-order valence-corrected chi connectivity index (χ1v) is 18.1. The fourth-order valence-electron chi connectivity index (χ4n) is 7.95. The maximum absolute atomic E-state index is 4.42. The van der Waals surface area contributed by atoms with Crippen LogP contribution in [0.5, 0.6) is 0 Å². The van der Waals surface area contributed by atoms with Crippen LogP contribution in [0.2, 0.25) is 0 Å². The first-order valence-electron chi connectivity index (χ1n) is 18.1. The van der Waals surface area contributed by atoms with Gasteiger partial charge in [0.2, 0.25) is 0 Å². The minimum absolute atomic E-state index is 0.883. The number of hydrogen-bond donors (Lipinski definition) is 0. The van der Waals surface area contributed by atoms with Crippen molar-refractivity contribution in [3.05, 3.63) is 192 Å². The van der Waals surface area contributed by atoms with Gasteiger partial charge >= 0.3 is 0 Å². The molecular weight excluding hydrogens is 649 g/mol. The number of nitrogens with zero attached hydrogens (tertiary/aromatic N) is 6. The predicted octanol–water partition coefficient (Wildman–Crippen LogP) is 10.2. The van der Waals surface area contributed by atoms with Crippen LogP contribution in [0.3, 0.4) is 0 Å². The van der Waals surface area contributed by atoms with Gasteiger partial charge in [0.1, 0.15) is 0 Å². The molecule has 0 saturated carbocycles. The van der Waals surface area contributed by atoms with Crippen LogP contribution >= 0.6 is 0 Å². The number of rotatable bonds is 7. The zero-order chi connectivity index (χ0) is 35.3. The van der Waals surface area contributed by atoms with Gasteiger partial charge in [0.05, 0.1) is 22.2 Å². The van der Waals surface area contributed by atoms with E-state index in [2.05, 4.69) is 164 Å². The molecule has 9 aromatic rings. The summed E-state index contributed by atoms with van der Waals surface area (Å²) in [6.45, 7) is 0.886. The molecule has 0 atom stereocenters. The molecule has 0 bridgehead atoms. The van der Waals surface area contributed by atoms with Gasteiger partial charge in [-0.3, -0.25) is 15.0 Å². The van der Waals surface area contributed by atoms with E-state index in [-0.39, 0.29) is 0 Å². The summed E-state index contributed by atoms with van der Waals surface area (Å²) < 4.78 is 4.65. The quantitative estimate of drug-likeness (QED) is 0.168. The Morgan fingerprint density at radius 2 is 0.887 bits per heavy atom. The molecule has 0 spiro atoms. The van der Waals surface area contributed by atoms with Gasteiger partial charge in [-0.05, 0) is 94.8 Å². The summed E-state index contributed by atoms with van der Waals surface area (Å²) in [4.78, 5) is 15.4. The predicted molar refractivity (Wildman–Crippen MR) is 215 cm³/mol. The van der Waals surface area contributed by atoms with Crippen LogP contribution in [0.1, 0.15) is 33.5 Å². The van der Waals surface area contributed by atoms with Gasteiger partial charge < -0.3 is 14.0 Å². The van der Waals surface area contributed by atoms with Crippen LogP contribution in [0.4, 0.5) is 0 Å². The maximum atomic E-state index is 4.42. The van der Waals surface area contributed by atoms with Crippen LogP contribution in [-0.4, -0.2) is 36.0 Å². The Bertz CT molecular complexity index is 2740. The van der Waals surface area contributed by atoms with Crippen molar-refractivity contribution in [3.8, 4) is 22.5 Å². The molecule has 0 radical (unpaired) electrons. The number of pyridine rings is 3. The monoisotopic (exact) mass is 684 g/mol. The molecule has 0 N–H and O–H groups in total. The lowest BCUT2D eigenvalue weighted by molar-refractivity contribution is 0.449.